The molecule has 13 rings (SSSR count). The average molecular weight is 869 g/mol. The lowest BCUT2D eigenvalue weighted by molar-refractivity contribution is 1.04. The summed E-state index contributed by atoms with van der Waals surface area (Å²) < 4.78 is 4.95. The molecular formula is C66H48N2. The summed E-state index contributed by atoms with van der Waals surface area (Å²) in [5.41, 5.74) is 19.6. The molecular weight excluding hydrogens is 821 g/mol. The molecule has 0 saturated heterocycles. The predicted molar refractivity (Wildman–Crippen MR) is 291 cm³/mol. The van der Waals surface area contributed by atoms with Crippen molar-refractivity contribution in [3.63, 3.8) is 0 Å². The number of aryl methyl sites for hydroxylation is 2. The summed E-state index contributed by atoms with van der Waals surface area (Å²) in [7, 11) is 0. The van der Waals surface area contributed by atoms with E-state index in [9.17, 15) is 0 Å². The first-order chi connectivity index (χ1) is 33.4. The first kappa shape index (κ1) is 39.9. The first-order valence-electron chi connectivity index (χ1n) is 23.7. The summed E-state index contributed by atoms with van der Waals surface area (Å²) in [5, 5.41) is 12.5. The molecule has 13 aromatic rings. The van der Waals surface area contributed by atoms with Crippen molar-refractivity contribution in [1.82, 2.24) is 9.13 Å². The molecule has 2 aromatic heterocycles. The minimum Gasteiger partial charge on any atom is -0.314 e. The zero-order chi connectivity index (χ0) is 45.6. The molecule has 0 N–H and O–H groups in total. The van der Waals surface area contributed by atoms with Crippen molar-refractivity contribution in [3.8, 4) is 55.9 Å². The molecule has 2 heteroatoms. The van der Waals surface area contributed by atoms with Gasteiger partial charge in [-0.15, -0.1) is 0 Å². The maximum absolute atomic E-state index is 2.51. The van der Waals surface area contributed by atoms with Gasteiger partial charge in [0.2, 0.25) is 0 Å². The molecule has 0 radical (unpaired) electrons. The van der Waals surface area contributed by atoms with Crippen LogP contribution in [0.5, 0.6) is 0 Å². The molecule has 0 aliphatic rings. The highest BCUT2D eigenvalue weighted by atomic mass is 15.0. The topological polar surface area (TPSA) is 9.86 Å². The first-order valence-corrected chi connectivity index (χ1v) is 23.7. The Labute approximate surface area is 396 Å². The quantitative estimate of drug-likeness (QED) is 0.147. The molecule has 0 spiro atoms. The second-order valence-corrected chi connectivity index (χ2v) is 18.6. The van der Waals surface area contributed by atoms with Crippen LogP contribution in [0.25, 0.3) is 121 Å². The van der Waals surface area contributed by atoms with Crippen LogP contribution in [-0.4, -0.2) is 9.13 Å². The Balaban J connectivity index is 1.15. The van der Waals surface area contributed by atoms with Crippen molar-refractivity contribution >= 4 is 64.9 Å². The second-order valence-electron chi connectivity index (χ2n) is 18.6. The number of rotatable bonds is 6. The minimum atomic E-state index is 1.16. The SMILES string of the molecule is Cc1c(C)n(-c2ccc(-c3ccccc3)cc2)c2cc3c(-c4ccc5ccccc5c4)c4cc5c(C)c(C)n(-c6ccc(-c7ccccc7)cc6)c5cc4c(-c4ccc5ccccc5c4)c3cc12. The van der Waals surface area contributed by atoms with Gasteiger partial charge in [0.05, 0.1) is 11.0 Å². The largest absolute Gasteiger partial charge is 0.314 e. The molecule has 0 saturated carbocycles. The number of nitrogens with zero attached hydrogens (tertiary/aromatic N) is 2. The van der Waals surface area contributed by atoms with Gasteiger partial charge in [0.15, 0.2) is 0 Å². The van der Waals surface area contributed by atoms with Crippen LogP contribution in [0.3, 0.4) is 0 Å². The highest BCUT2D eigenvalue weighted by Gasteiger charge is 2.24. The summed E-state index contributed by atoms with van der Waals surface area (Å²) in [6.45, 7) is 9.15. The zero-order valence-corrected chi connectivity index (χ0v) is 38.7. The van der Waals surface area contributed by atoms with E-state index in [1.807, 2.05) is 0 Å². The van der Waals surface area contributed by atoms with Gasteiger partial charge >= 0.3 is 0 Å². The molecule has 68 heavy (non-hydrogen) atoms. The fraction of sp³-hybridized carbons (Fsp3) is 0.0606. The number of fused-ring (bicyclic) bond motifs is 6. The maximum Gasteiger partial charge on any atom is 0.0540 e. The van der Waals surface area contributed by atoms with Crippen LogP contribution < -0.4 is 0 Å². The average Bonchev–Trinajstić information content (AvgIpc) is 3.79. The van der Waals surface area contributed by atoms with E-state index in [0.29, 0.717) is 0 Å². The van der Waals surface area contributed by atoms with Gasteiger partial charge in [0, 0.05) is 33.5 Å². The molecule has 0 aliphatic heterocycles. The van der Waals surface area contributed by atoms with Crippen LogP contribution in [0.15, 0.2) is 218 Å². The van der Waals surface area contributed by atoms with E-state index in [1.54, 1.807) is 0 Å². The Kier molecular flexibility index (Phi) is 9.13. The molecule has 2 heterocycles. The molecule has 0 fully saturated rings. The molecule has 0 aliphatic carbocycles. The van der Waals surface area contributed by atoms with E-state index in [-0.39, 0.29) is 0 Å². The van der Waals surface area contributed by atoms with Crippen molar-refractivity contribution < 1.29 is 0 Å². The lowest BCUT2D eigenvalue weighted by Crippen LogP contribution is -1.98. The second kappa shape index (κ2) is 15.6. The summed E-state index contributed by atoms with van der Waals surface area (Å²) in [6.07, 6.45) is 0. The van der Waals surface area contributed by atoms with E-state index in [0.717, 1.165) is 11.4 Å². The number of hydrogen-bond donors (Lipinski definition) is 0. The van der Waals surface area contributed by atoms with Crippen molar-refractivity contribution in [2.75, 3.05) is 0 Å². The van der Waals surface area contributed by atoms with Crippen molar-refractivity contribution in [1.29, 1.82) is 0 Å². The normalized spacial score (nSPS) is 11.8. The molecule has 0 atom stereocenters. The summed E-state index contributed by atoms with van der Waals surface area (Å²) in [4.78, 5) is 0. The molecule has 0 amide bonds. The smallest absolute Gasteiger partial charge is 0.0540 e. The Morgan fingerprint density at radius 2 is 0.574 bits per heavy atom. The third-order valence-electron chi connectivity index (χ3n) is 14.9. The van der Waals surface area contributed by atoms with Gasteiger partial charge in [-0.1, -0.05) is 158 Å². The Hall–Kier alpha value is -8.46. The Bertz CT molecular complexity index is 3860. The van der Waals surface area contributed by atoms with Crippen LogP contribution in [0.1, 0.15) is 22.5 Å². The Morgan fingerprint density at radius 1 is 0.250 bits per heavy atom. The van der Waals surface area contributed by atoms with Gasteiger partial charge in [-0.3, -0.25) is 0 Å². The summed E-state index contributed by atoms with van der Waals surface area (Å²) >= 11 is 0. The van der Waals surface area contributed by atoms with Crippen LogP contribution >= 0.6 is 0 Å². The van der Waals surface area contributed by atoms with Gasteiger partial charge in [-0.05, 0) is 187 Å². The number of hydrogen-bond acceptors (Lipinski definition) is 0. The number of aromatic nitrogens is 2. The van der Waals surface area contributed by atoms with Crippen LogP contribution in [-0.2, 0) is 0 Å². The predicted octanol–water partition coefficient (Wildman–Crippen LogP) is 18.1. The van der Waals surface area contributed by atoms with Gasteiger partial charge < -0.3 is 9.13 Å². The highest BCUT2D eigenvalue weighted by Crippen LogP contribution is 2.49. The molecule has 0 unspecified atom stereocenters. The molecule has 2 nitrogen and oxygen atoms in total. The summed E-state index contributed by atoms with van der Waals surface area (Å²) in [6, 6.07) is 81.1. The van der Waals surface area contributed by atoms with Crippen molar-refractivity contribution in [3.05, 3.63) is 241 Å². The van der Waals surface area contributed by atoms with Crippen LogP contribution in [0.2, 0.25) is 0 Å². The van der Waals surface area contributed by atoms with Crippen molar-refractivity contribution in [2.24, 2.45) is 0 Å². The Morgan fingerprint density at radius 3 is 0.971 bits per heavy atom. The molecule has 11 aromatic carbocycles. The van der Waals surface area contributed by atoms with Crippen molar-refractivity contribution in [2.45, 2.75) is 27.7 Å². The molecule has 322 valence electrons. The van der Waals surface area contributed by atoms with E-state index in [1.165, 1.54) is 132 Å². The van der Waals surface area contributed by atoms with Gasteiger partial charge in [-0.25, -0.2) is 0 Å². The zero-order valence-electron chi connectivity index (χ0n) is 38.7. The van der Waals surface area contributed by atoms with E-state index >= 15 is 0 Å². The van der Waals surface area contributed by atoms with E-state index < -0.39 is 0 Å². The molecule has 0 bridgehead atoms. The third kappa shape index (κ3) is 6.25. The fourth-order valence-corrected chi connectivity index (χ4v) is 11.2. The standard InChI is InChI=1S/C66H48N2/c1-41-43(3)67(55-31-27-49(28-32-55)45-15-7-5-8-16-45)63-39-61-59(37-57(41)63)65(53-25-23-47-19-11-13-21-51(47)35-53)62-40-64-58(38-60(62)66(61)54-26-24-48-20-12-14-22-52(48)36-54)42(2)44(4)68(64)56-33-29-50(30-34-56)46-17-9-6-10-18-46/h5-40H,1-4H3. The van der Waals surface area contributed by atoms with E-state index in [4.69, 9.17) is 0 Å². The monoisotopic (exact) mass is 868 g/mol. The lowest BCUT2D eigenvalue weighted by Gasteiger charge is -2.20. The third-order valence-corrected chi connectivity index (χ3v) is 14.9. The van der Waals surface area contributed by atoms with Gasteiger partial charge in [0.25, 0.3) is 0 Å². The number of benzene rings is 11. The fourth-order valence-electron chi connectivity index (χ4n) is 11.2. The summed E-state index contributed by atoms with van der Waals surface area (Å²) in [5.74, 6) is 0. The van der Waals surface area contributed by atoms with Crippen LogP contribution in [0.4, 0.5) is 0 Å². The maximum atomic E-state index is 2.51. The van der Waals surface area contributed by atoms with E-state index in [2.05, 4.69) is 255 Å². The van der Waals surface area contributed by atoms with Gasteiger partial charge in [-0.2, -0.15) is 0 Å². The van der Waals surface area contributed by atoms with Crippen LogP contribution in [0, 0.1) is 27.7 Å². The van der Waals surface area contributed by atoms with Gasteiger partial charge in [0.1, 0.15) is 0 Å². The minimum absolute atomic E-state index is 1.16. The lowest BCUT2D eigenvalue weighted by atomic mass is 9.84. The highest BCUT2D eigenvalue weighted by molar-refractivity contribution is 6.26.